The van der Waals surface area contributed by atoms with Gasteiger partial charge in [-0.15, -0.1) is 0 Å². The molecule has 2 rings (SSSR count). The molecule has 0 saturated carbocycles. The van der Waals surface area contributed by atoms with Gasteiger partial charge in [0.05, 0.1) is 24.4 Å². The van der Waals surface area contributed by atoms with E-state index in [1.54, 1.807) is 42.5 Å². The smallest absolute Gasteiger partial charge is 0.166 e. The second-order valence-electron chi connectivity index (χ2n) is 3.82. The quantitative estimate of drug-likeness (QED) is 0.854. The molecule has 0 saturated heterocycles. The van der Waals surface area contributed by atoms with Crippen LogP contribution in [0, 0.1) is 11.3 Å². The van der Waals surface area contributed by atoms with E-state index >= 15 is 0 Å². The zero-order valence-corrected chi connectivity index (χ0v) is 10.4. The Morgan fingerprint density at radius 1 is 1.26 bits per heavy atom. The maximum absolute atomic E-state index is 9.90. The number of phenols is 1. The van der Waals surface area contributed by atoms with Crippen LogP contribution in [-0.2, 0) is 0 Å². The van der Waals surface area contributed by atoms with E-state index in [9.17, 15) is 5.11 Å². The van der Waals surface area contributed by atoms with Gasteiger partial charge in [0, 0.05) is 11.8 Å². The Morgan fingerprint density at radius 3 is 2.79 bits per heavy atom. The van der Waals surface area contributed by atoms with E-state index in [4.69, 9.17) is 10.00 Å². The summed E-state index contributed by atoms with van der Waals surface area (Å²) in [5.41, 5.74) is 1.76. The minimum Gasteiger partial charge on any atom is -0.504 e. The summed E-state index contributed by atoms with van der Waals surface area (Å²) in [5, 5.41) is 18.7. The third-order valence-electron chi connectivity index (χ3n) is 2.58. The zero-order chi connectivity index (χ0) is 13.7. The van der Waals surface area contributed by atoms with Crippen LogP contribution in [0.15, 0.2) is 47.5 Å². The van der Waals surface area contributed by atoms with Crippen molar-refractivity contribution < 1.29 is 9.84 Å². The molecule has 2 aromatic carbocycles. The highest BCUT2D eigenvalue weighted by atomic mass is 16.5. The number of phenolic OH excluding ortho intramolecular Hbond substituents is 1. The lowest BCUT2D eigenvalue weighted by Crippen LogP contribution is -1.88. The molecule has 94 valence electrons. The van der Waals surface area contributed by atoms with Crippen LogP contribution in [0.4, 0.5) is 5.69 Å². The van der Waals surface area contributed by atoms with E-state index < -0.39 is 0 Å². The summed E-state index contributed by atoms with van der Waals surface area (Å²) in [6.45, 7) is 0. The van der Waals surface area contributed by atoms with Gasteiger partial charge in [-0.2, -0.15) is 5.26 Å². The van der Waals surface area contributed by atoms with Crippen molar-refractivity contribution in [3.05, 3.63) is 53.6 Å². The number of para-hydroxylation sites is 1. The number of aromatic hydroxyl groups is 1. The fraction of sp³-hybridized carbons (Fsp3) is 0.0667. The van der Waals surface area contributed by atoms with E-state index in [1.165, 1.54) is 13.3 Å². The van der Waals surface area contributed by atoms with Crippen LogP contribution in [0.2, 0.25) is 0 Å². The van der Waals surface area contributed by atoms with E-state index in [-0.39, 0.29) is 5.75 Å². The molecule has 0 aliphatic rings. The molecule has 4 heteroatoms. The summed E-state index contributed by atoms with van der Waals surface area (Å²) in [5.74, 6) is 0.444. The lowest BCUT2D eigenvalue weighted by atomic mass is 10.2. The van der Waals surface area contributed by atoms with Gasteiger partial charge in [0.15, 0.2) is 11.5 Å². The molecular weight excluding hydrogens is 240 g/mol. The van der Waals surface area contributed by atoms with Crippen LogP contribution < -0.4 is 4.74 Å². The molecule has 19 heavy (non-hydrogen) atoms. The summed E-state index contributed by atoms with van der Waals surface area (Å²) in [6.07, 6.45) is 1.54. The van der Waals surface area contributed by atoms with Crippen molar-refractivity contribution in [2.75, 3.05) is 7.11 Å². The minimum atomic E-state index is 0.0465. The van der Waals surface area contributed by atoms with Gasteiger partial charge in [-0.3, -0.25) is 4.99 Å². The summed E-state index contributed by atoms with van der Waals surface area (Å²) >= 11 is 0. The van der Waals surface area contributed by atoms with E-state index in [1.807, 2.05) is 0 Å². The lowest BCUT2D eigenvalue weighted by molar-refractivity contribution is 0.373. The molecule has 0 heterocycles. The molecule has 4 nitrogen and oxygen atoms in total. The molecule has 0 radical (unpaired) electrons. The molecule has 1 N–H and O–H groups in total. The summed E-state index contributed by atoms with van der Waals surface area (Å²) in [4.78, 5) is 4.23. The Bertz CT molecular complexity index is 657. The van der Waals surface area contributed by atoms with E-state index in [2.05, 4.69) is 11.1 Å². The van der Waals surface area contributed by atoms with Crippen LogP contribution in [0.3, 0.4) is 0 Å². The number of benzene rings is 2. The molecule has 0 fully saturated rings. The number of rotatable bonds is 3. The number of nitrogens with zero attached hydrogens (tertiary/aromatic N) is 2. The second-order valence-corrected chi connectivity index (χ2v) is 3.82. The maximum atomic E-state index is 9.90. The highest BCUT2D eigenvalue weighted by molar-refractivity contribution is 5.86. The van der Waals surface area contributed by atoms with Crippen LogP contribution in [0.25, 0.3) is 0 Å². The Balaban J connectivity index is 2.30. The first kappa shape index (κ1) is 12.7. The normalized spacial score (nSPS) is 10.3. The molecule has 2 aromatic rings. The summed E-state index contributed by atoms with van der Waals surface area (Å²) in [7, 11) is 1.49. The highest BCUT2D eigenvalue weighted by Gasteiger charge is 2.04. The molecule has 0 bridgehead atoms. The van der Waals surface area contributed by atoms with Crippen molar-refractivity contribution in [2.45, 2.75) is 0 Å². The third kappa shape index (κ3) is 2.90. The molecule has 0 aliphatic heterocycles. The van der Waals surface area contributed by atoms with Crippen molar-refractivity contribution in [3.63, 3.8) is 0 Å². The van der Waals surface area contributed by atoms with Crippen LogP contribution in [0.5, 0.6) is 11.5 Å². The molecule has 0 amide bonds. The fourth-order valence-corrected chi connectivity index (χ4v) is 1.61. The van der Waals surface area contributed by atoms with Crippen LogP contribution in [-0.4, -0.2) is 18.4 Å². The zero-order valence-electron chi connectivity index (χ0n) is 10.4. The molecule has 0 aromatic heterocycles. The van der Waals surface area contributed by atoms with Crippen molar-refractivity contribution in [2.24, 2.45) is 4.99 Å². The predicted molar refractivity (Wildman–Crippen MR) is 73.1 cm³/mol. The van der Waals surface area contributed by atoms with Gasteiger partial charge < -0.3 is 9.84 Å². The fourth-order valence-electron chi connectivity index (χ4n) is 1.61. The number of nitriles is 1. The van der Waals surface area contributed by atoms with E-state index in [0.717, 1.165) is 0 Å². The van der Waals surface area contributed by atoms with Crippen LogP contribution >= 0.6 is 0 Å². The Hall–Kier alpha value is -2.80. The van der Waals surface area contributed by atoms with Crippen molar-refractivity contribution in [3.8, 4) is 17.6 Å². The average Bonchev–Trinajstić information content (AvgIpc) is 2.46. The van der Waals surface area contributed by atoms with Crippen molar-refractivity contribution in [1.29, 1.82) is 5.26 Å². The van der Waals surface area contributed by atoms with Crippen molar-refractivity contribution >= 4 is 11.9 Å². The Labute approximate surface area is 111 Å². The first-order valence-corrected chi connectivity index (χ1v) is 5.65. The molecule has 0 unspecified atom stereocenters. The van der Waals surface area contributed by atoms with Gasteiger partial charge in [-0.25, -0.2) is 0 Å². The number of hydrogen-bond donors (Lipinski definition) is 1. The van der Waals surface area contributed by atoms with Gasteiger partial charge in [0.2, 0.25) is 0 Å². The Morgan fingerprint density at radius 2 is 2.05 bits per heavy atom. The summed E-state index contributed by atoms with van der Waals surface area (Å²) < 4.78 is 5.02. The number of ether oxygens (including phenoxy) is 1. The predicted octanol–water partition coefficient (Wildman–Crippen LogP) is 3.02. The van der Waals surface area contributed by atoms with Crippen LogP contribution in [0.1, 0.15) is 11.1 Å². The topological polar surface area (TPSA) is 65.6 Å². The first-order chi connectivity index (χ1) is 9.24. The Kier molecular flexibility index (Phi) is 3.79. The SMILES string of the molecule is COc1cccc(C=Nc2cccc(C#N)c2)c1O. The van der Waals surface area contributed by atoms with Gasteiger partial charge in [-0.05, 0) is 30.3 Å². The minimum absolute atomic E-state index is 0.0465. The van der Waals surface area contributed by atoms with Gasteiger partial charge in [0.25, 0.3) is 0 Å². The number of aliphatic imine (C=N–C) groups is 1. The molecule has 0 atom stereocenters. The largest absolute Gasteiger partial charge is 0.504 e. The maximum Gasteiger partial charge on any atom is 0.166 e. The summed E-state index contributed by atoms with van der Waals surface area (Å²) in [6, 6.07) is 14.2. The lowest BCUT2D eigenvalue weighted by Gasteiger charge is -2.04. The van der Waals surface area contributed by atoms with Gasteiger partial charge >= 0.3 is 0 Å². The van der Waals surface area contributed by atoms with Gasteiger partial charge in [0.1, 0.15) is 0 Å². The number of hydrogen-bond acceptors (Lipinski definition) is 4. The average molecular weight is 252 g/mol. The monoisotopic (exact) mass is 252 g/mol. The van der Waals surface area contributed by atoms with E-state index in [0.29, 0.717) is 22.6 Å². The van der Waals surface area contributed by atoms with Crippen molar-refractivity contribution in [1.82, 2.24) is 0 Å². The molecular formula is C15H12N2O2. The second kappa shape index (κ2) is 5.69. The first-order valence-electron chi connectivity index (χ1n) is 5.65. The van der Waals surface area contributed by atoms with Gasteiger partial charge in [-0.1, -0.05) is 12.1 Å². The standard InChI is InChI=1S/C15H12N2O2/c1-19-14-7-3-5-12(15(14)18)10-17-13-6-2-4-11(8-13)9-16/h2-8,10,18H,1H3. The third-order valence-corrected chi connectivity index (χ3v) is 2.58. The highest BCUT2D eigenvalue weighted by Crippen LogP contribution is 2.28. The molecule has 0 spiro atoms. The molecule has 0 aliphatic carbocycles. The number of methoxy groups -OCH3 is 1.